The van der Waals surface area contributed by atoms with Gasteiger partial charge in [-0.05, 0) is 31.9 Å². The van der Waals surface area contributed by atoms with Crippen LogP contribution >= 0.6 is 0 Å². The molecule has 1 aromatic heterocycles. The van der Waals surface area contributed by atoms with E-state index >= 15 is 0 Å². The fourth-order valence-electron chi connectivity index (χ4n) is 2.40. The molecule has 1 aliphatic heterocycles. The molecule has 2 rings (SSSR count). The number of likely N-dealkylation sites (tertiary alicyclic amines) is 1. The minimum Gasteiger partial charge on any atom is -0.454 e. The summed E-state index contributed by atoms with van der Waals surface area (Å²) in [5.41, 5.74) is 2.83. The van der Waals surface area contributed by atoms with Gasteiger partial charge in [-0.25, -0.2) is 5.84 Å². The minimum absolute atomic E-state index is 0.253. The van der Waals surface area contributed by atoms with Crippen molar-refractivity contribution in [2.24, 2.45) is 11.8 Å². The number of carbonyl (C=O) groups is 1. The molecule has 0 saturated carbocycles. The first kappa shape index (κ1) is 14.0. The van der Waals surface area contributed by atoms with Gasteiger partial charge in [-0.3, -0.25) is 15.1 Å². The first-order chi connectivity index (χ1) is 9.01. The SMILES string of the molecule is Cc1cc(CN2CCC(C)C(O)C2)oc1C(=O)NN. The van der Waals surface area contributed by atoms with Gasteiger partial charge >= 0.3 is 5.91 Å². The van der Waals surface area contributed by atoms with Gasteiger partial charge in [0.25, 0.3) is 0 Å². The van der Waals surface area contributed by atoms with Crippen LogP contribution in [0.3, 0.4) is 0 Å². The Bertz CT molecular complexity index is 458. The average Bonchev–Trinajstić information content (AvgIpc) is 2.74. The van der Waals surface area contributed by atoms with E-state index in [1.165, 1.54) is 0 Å². The van der Waals surface area contributed by atoms with Crippen molar-refractivity contribution in [2.45, 2.75) is 32.9 Å². The summed E-state index contributed by atoms with van der Waals surface area (Å²) in [6, 6.07) is 1.84. The molecule has 2 atom stereocenters. The predicted octanol–water partition coefficient (Wildman–Crippen LogP) is 0.394. The van der Waals surface area contributed by atoms with E-state index in [4.69, 9.17) is 10.3 Å². The van der Waals surface area contributed by atoms with Gasteiger partial charge in [-0.2, -0.15) is 0 Å². The van der Waals surface area contributed by atoms with Crippen molar-refractivity contribution in [3.05, 3.63) is 23.2 Å². The van der Waals surface area contributed by atoms with Gasteiger partial charge in [-0.1, -0.05) is 6.92 Å². The third-order valence-corrected chi connectivity index (χ3v) is 3.69. The summed E-state index contributed by atoms with van der Waals surface area (Å²) < 4.78 is 5.52. The van der Waals surface area contributed by atoms with Crippen molar-refractivity contribution in [1.29, 1.82) is 0 Å². The van der Waals surface area contributed by atoms with E-state index in [-0.39, 0.29) is 11.9 Å². The number of rotatable bonds is 3. The van der Waals surface area contributed by atoms with Gasteiger partial charge in [0.2, 0.25) is 0 Å². The van der Waals surface area contributed by atoms with Crippen LogP contribution in [0.2, 0.25) is 0 Å². The summed E-state index contributed by atoms with van der Waals surface area (Å²) in [5, 5.41) is 9.86. The Labute approximate surface area is 112 Å². The maximum atomic E-state index is 11.5. The van der Waals surface area contributed by atoms with Crippen LogP contribution in [0.25, 0.3) is 0 Å². The quantitative estimate of drug-likeness (QED) is 0.419. The molecule has 0 radical (unpaired) electrons. The van der Waals surface area contributed by atoms with E-state index in [9.17, 15) is 9.90 Å². The second kappa shape index (κ2) is 5.73. The standard InChI is InChI=1S/C13H21N3O3/c1-8-3-4-16(7-11(8)17)6-10-5-9(2)12(19-10)13(18)15-14/h5,8,11,17H,3-4,6-7,14H2,1-2H3,(H,15,18). The van der Waals surface area contributed by atoms with Gasteiger partial charge in [0.1, 0.15) is 5.76 Å². The smallest absolute Gasteiger partial charge is 0.301 e. The Balaban J connectivity index is 2.02. The molecule has 0 aliphatic carbocycles. The summed E-state index contributed by atoms with van der Waals surface area (Å²) in [5.74, 6) is 5.99. The fraction of sp³-hybridized carbons (Fsp3) is 0.615. The molecule has 1 fully saturated rings. The zero-order chi connectivity index (χ0) is 14.0. The second-order valence-electron chi connectivity index (χ2n) is 5.27. The molecule has 0 bridgehead atoms. The van der Waals surface area contributed by atoms with Gasteiger partial charge in [0, 0.05) is 12.1 Å². The highest BCUT2D eigenvalue weighted by molar-refractivity contribution is 5.92. The molecule has 1 saturated heterocycles. The van der Waals surface area contributed by atoms with Crippen LogP contribution in [0.4, 0.5) is 0 Å². The number of aryl methyl sites for hydroxylation is 1. The lowest BCUT2D eigenvalue weighted by Crippen LogP contribution is -2.42. The summed E-state index contributed by atoms with van der Waals surface area (Å²) in [7, 11) is 0. The topological polar surface area (TPSA) is 91.7 Å². The molecule has 106 valence electrons. The summed E-state index contributed by atoms with van der Waals surface area (Å²) in [6.07, 6.45) is 0.674. The molecule has 2 heterocycles. The van der Waals surface area contributed by atoms with Crippen molar-refractivity contribution >= 4 is 5.91 Å². The van der Waals surface area contributed by atoms with Crippen LogP contribution in [0, 0.1) is 12.8 Å². The zero-order valence-corrected chi connectivity index (χ0v) is 11.3. The van der Waals surface area contributed by atoms with E-state index < -0.39 is 5.91 Å². The number of piperidine rings is 1. The van der Waals surface area contributed by atoms with Gasteiger partial charge in [0.05, 0.1) is 12.6 Å². The normalized spacial score (nSPS) is 24.4. The number of hydrazine groups is 1. The van der Waals surface area contributed by atoms with Crippen molar-refractivity contribution in [2.75, 3.05) is 13.1 Å². The Hall–Kier alpha value is -1.37. The van der Waals surface area contributed by atoms with E-state index in [1.807, 2.05) is 13.0 Å². The molecule has 4 N–H and O–H groups in total. The predicted molar refractivity (Wildman–Crippen MR) is 70.2 cm³/mol. The zero-order valence-electron chi connectivity index (χ0n) is 11.3. The fourth-order valence-corrected chi connectivity index (χ4v) is 2.40. The number of aliphatic hydroxyl groups is 1. The maximum Gasteiger partial charge on any atom is 0.301 e. The van der Waals surface area contributed by atoms with Crippen LogP contribution < -0.4 is 11.3 Å². The Kier molecular flexibility index (Phi) is 4.24. The number of aliphatic hydroxyl groups excluding tert-OH is 1. The molecule has 1 aliphatic rings. The highest BCUT2D eigenvalue weighted by Crippen LogP contribution is 2.21. The molecule has 0 aromatic carbocycles. The molecule has 6 heteroatoms. The Morgan fingerprint density at radius 3 is 3.05 bits per heavy atom. The van der Waals surface area contributed by atoms with Gasteiger partial charge in [0.15, 0.2) is 5.76 Å². The largest absolute Gasteiger partial charge is 0.454 e. The van der Waals surface area contributed by atoms with Crippen LogP contribution in [0.1, 0.15) is 35.2 Å². The number of nitrogens with one attached hydrogen (secondary N) is 1. The highest BCUT2D eigenvalue weighted by Gasteiger charge is 2.25. The minimum atomic E-state index is -0.420. The lowest BCUT2D eigenvalue weighted by atomic mass is 9.96. The second-order valence-corrected chi connectivity index (χ2v) is 5.27. The molecular weight excluding hydrogens is 246 g/mol. The number of nitrogens with two attached hydrogens (primary N) is 1. The molecule has 2 unspecified atom stereocenters. The first-order valence-corrected chi connectivity index (χ1v) is 6.52. The number of hydrogen-bond donors (Lipinski definition) is 3. The number of carbonyl (C=O) groups excluding carboxylic acids is 1. The molecule has 1 amide bonds. The first-order valence-electron chi connectivity index (χ1n) is 6.52. The highest BCUT2D eigenvalue weighted by atomic mass is 16.4. The van der Waals surface area contributed by atoms with Gasteiger partial charge < -0.3 is 9.52 Å². The maximum absolute atomic E-state index is 11.5. The number of hydrogen-bond acceptors (Lipinski definition) is 5. The Morgan fingerprint density at radius 2 is 2.42 bits per heavy atom. The molecular formula is C13H21N3O3. The molecule has 19 heavy (non-hydrogen) atoms. The summed E-state index contributed by atoms with van der Waals surface area (Å²) in [6.45, 7) is 6.03. The monoisotopic (exact) mass is 267 g/mol. The number of β-amino-alcohol motifs (C(OH)–C–C–N with tert-alkyl or cyclic N) is 1. The van der Waals surface area contributed by atoms with Crippen molar-refractivity contribution in [3.8, 4) is 0 Å². The number of nitrogen functional groups attached to an aromatic ring is 1. The van der Waals surface area contributed by atoms with Crippen molar-refractivity contribution < 1.29 is 14.3 Å². The number of nitrogens with zero attached hydrogens (tertiary/aromatic N) is 1. The lowest BCUT2D eigenvalue weighted by molar-refractivity contribution is 0.0232. The van der Waals surface area contributed by atoms with E-state index in [2.05, 4.69) is 17.2 Å². The van der Waals surface area contributed by atoms with Crippen molar-refractivity contribution in [3.63, 3.8) is 0 Å². The van der Waals surface area contributed by atoms with E-state index in [1.54, 1.807) is 0 Å². The van der Waals surface area contributed by atoms with Crippen LogP contribution in [-0.4, -0.2) is 35.1 Å². The molecule has 6 nitrogen and oxygen atoms in total. The van der Waals surface area contributed by atoms with E-state index in [0.717, 1.165) is 24.3 Å². The summed E-state index contributed by atoms with van der Waals surface area (Å²) in [4.78, 5) is 13.6. The van der Waals surface area contributed by atoms with Gasteiger partial charge in [-0.15, -0.1) is 0 Å². The number of amides is 1. The third kappa shape index (κ3) is 3.15. The Morgan fingerprint density at radius 1 is 1.68 bits per heavy atom. The molecule has 1 aromatic rings. The lowest BCUT2D eigenvalue weighted by Gasteiger charge is -2.33. The van der Waals surface area contributed by atoms with Crippen LogP contribution in [-0.2, 0) is 6.54 Å². The van der Waals surface area contributed by atoms with Crippen molar-refractivity contribution in [1.82, 2.24) is 10.3 Å². The average molecular weight is 267 g/mol. The third-order valence-electron chi connectivity index (χ3n) is 3.69. The molecule has 0 spiro atoms. The van der Waals surface area contributed by atoms with E-state index in [0.29, 0.717) is 19.0 Å². The summed E-state index contributed by atoms with van der Waals surface area (Å²) >= 11 is 0. The van der Waals surface area contributed by atoms with Crippen LogP contribution in [0.5, 0.6) is 0 Å². The van der Waals surface area contributed by atoms with Crippen LogP contribution in [0.15, 0.2) is 10.5 Å². The number of furan rings is 1.